The molecule has 0 radical (unpaired) electrons. The zero-order valence-electron chi connectivity index (χ0n) is 17.6. The summed E-state index contributed by atoms with van der Waals surface area (Å²) in [7, 11) is 0. The number of carbonyl (C=O) groups is 1. The van der Waals surface area contributed by atoms with E-state index in [9.17, 15) is 4.79 Å². The van der Waals surface area contributed by atoms with Gasteiger partial charge in [-0.1, -0.05) is 41.5 Å². The molecule has 0 aromatic rings. The molecule has 0 rings (SSSR count). The SMILES string of the molecule is CCC(C)(CC)NC(CC(C)CCN=C(N)N)C(=O)C(C)(CC)CC. The fourth-order valence-corrected chi connectivity index (χ4v) is 3.06. The molecule has 5 heteroatoms. The number of hydrogen-bond acceptors (Lipinski definition) is 3. The number of carbonyl (C=O) groups excluding carboxylic acids is 1. The Balaban J connectivity index is 5.26. The maximum atomic E-state index is 13.3. The third-order valence-corrected chi connectivity index (χ3v) is 6.11. The number of Topliss-reactive ketones (excluding diaryl/α,β-unsaturated/α-hetero) is 1. The van der Waals surface area contributed by atoms with E-state index in [0.717, 1.165) is 38.5 Å². The smallest absolute Gasteiger partial charge is 0.185 e. The van der Waals surface area contributed by atoms with Crippen LogP contribution in [-0.2, 0) is 4.79 Å². The second-order valence-corrected chi connectivity index (χ2v) is 8.03. The maximum Gasteiger partial charge on any atom is 0.185 e. The predicted octanol–water partition coefficient (Wildman–Crippen LogP) is 3.61. The van der Waals surface area contributed by atoms with Crippen LogP contribution < -0.4 is 16.8 Å². The Hall–Kier alpha value is -1.10. The van der Waals surface area contributed by atoms with Gasteiger partial charge in [-0.25, -0.2) is 0 Å². The molecule has 5 N–H and O–H groups in total. The van der Waals surface area contributed by atoms with Gasteiger partial charge in [-0.05, 0) is 51.4 Å². The van der Waals surface area contributed by atoms with Crippen molar-refractivity contribution in [2.24, 2.45) is 27.8 Å². The summed E-state index contributed by atoms with van der Waals surface area (Å²) in [5.74, 6) is 0.854. The van der Waals surface area contributed by atoms with Crippen molar-refractivity contribution in [1.82, 2.24) is 5.32 Å². The van der Waals surface area contributed by atoms with Gasteiger partial charge in [0.05, 0.1) is 6.04 Å². The number of nitrogens with zero attached hydrogens (tertiary/aromatic N) is 1. The molecular formula is C20H42N4O. The molecule has 0 saturated heterocycles. The topological polar surface area (TPSA) is 93.5 Å². The summed E-state index contributed by atoms with van der Waals surface area (Å²) in [5, 5.41) is 3.70. The quantitative estimate of drug-likeness (QED) is 0.348. The lowest BCUT2D eigenvalue weighted by Crippen LogP contribution is -2.54. The normalized spacial score (nSPS) is 14.8. The zero-order valence-corrected chi connectivity index (χ0v) is 17.6. The fourth-order valence-electron chi connectivity index (χ4n) is 3.06. The lowest BCUT2D eigenvalue weighted by molar-refractivity contribution is -0.131. The summed E-state index contributed by atoms with van der Waals surface area (Å²) in [6.07, 6.45) is 5.46. The van der Waals surface area contributed by atoms with Crippen molar-refractivity contribution in [2.75, 3.05) is 6.54 Å². The Morgan fingerprint density at radius 2 is 1.56 bits per heavy atom. The van der Waals surface area contributed by atoms with Crippen LogP contribution in [0.3, 0.4) is 0 Å². The first kappa shape index (κ1) is 23.9. The van der Waals surface area contributed by atoms with Crippen LogP contribution in [0.4, 0.5) is 0 Å². The molecular weight excluding hydrogens is 312 g/mol. The van der Waals surface area contributed by atoms with E-state index < -0.39 is 0 Å². The van der Waals surface area contributed by atoms with Crippen molar-refractivity contribution in [3.05, 3.63) is 0 Å². The summed E-state index contributed by atoms with van der Waals surface area (Å²) < 4.78 is 0. The van der Waals surface area contributed by atoms with Gasteiger partial charge in [-0.3, -0.25) is 9.79 Å². The minimum atomic E-state index is -0.264. The summed E-state index contributed by atoms with van der Waals surface area (Å²) in [6, 6.07) is -0.121. The van der Waals surface area contributed by atoms with Gasteiger partial charge in [-0.2, -0.15) is 0 Å². The highest BCUT2D eigenvalue weighted by molar-refractivity contribution is 5.89. The van der Waals surface area contributed by atoms with Crippen LogP contribution >= 0.6 is 0 Å². The number of nitrogens with two attached hydrogens (primary N) is 2. The molecule has 0 amide bonds. The molecule has 0 aromatic heterocycles. The van der Waals surface area contributed by atoms with Crippen LogP contribution in [0.15, 0.2) is 4.99 Å². The molecule has 0 bridgehead atoms. The first-order chi connectivity index (χ1) is 11.6. The van der Waals surface area contributed by atoms with E-state index in [2.05, 4.69) is 58.8 Å². The van der Waals surface area contributed by atoms with Crippen molar-refractivity contribution >= 4 is 11.7 Å². The van der Waals surface area contributed by atoms with Crippen molar-refractivity contribution in [1.29, 1.82) is 0 Å². The fraction of sp³-hybridized carbons (Fsp3) is 0.900. The van der Waals surface area contributed by atoms with Crippen LogP contribution in [0.5, 0.6) is 0 Å². The molecule has 2 atom stereocenters. The van der Waals surface area contributed by atoms with Crippen LogP contribution in [0.2, 0.25) is 0 Å². The number of aliphatic imine (C=N–C) groups is 1. The number of rotatable bonds is 13. The molecule has 0 aliphatic rings. The molecule has 0 aliphatic heterocycles. The Bertz CT molecular complexity index is 421. The number of guanidine groups is 1. The lowest BCUT2D eigenvalue weighted by atomic mass is 9.75. The van der Waals surface area contributed by atoms with E-state index in [4.69, 9.17) is 11.5 Å². The van der Waals surface area contributed by atoms with Gasteiger partial charge in [0.15, 0.2) is 11.7 Å². The largest absolute Gasteiger partial charge is 0.370 e. The van der Waals surface area contributed by atoms with Crippen molar-refractivity contribution in [3.63, 3.8) is 0 Å². The third kappa shape index (κ3) is 7.76. The van der Waals surface area contributed by atoms with E-state index in [1.165, 1.54) is 0 Å². The number of nitrogens with one attached hydrogen (secondary N) is 1. The van der Waals surface area contributed by atoms with Gasteiger partial charge in [0.1, 0.15) is 0 Å². The van der Waals surface area contributed by atoms with Crippen LogP contribution in [0.25, 0.3) is 0 Å². The maximum absolute atomic E-state index is 13.3. The van der Waals surface area contributed by atoms with Crippen LogP contribution in [0.1, 0.15) is 87.0 Å². The van der Waals surface area contributed by atoms with Gasteiger partial charge in [-0.15, -0.1) is 0 Å². The first-order valence-corrected chi connectivity index (χ1v) is 9.94. The summed E-state index contributed by atoms with van der Waals surface area (Å²) in [4.78, 5) is 17.4. The van der Waals surface area contributed by atoms with E-state index in [1.54, 1.807) is 0 Å². The summed E-state index contributed by atoms with van der Waals surface area (Å²) >= 11 is 0. The molecule has 0 spiro atoms. The third-order valence-electron chi connectivity index (χ3n) is 6.11. The average molecular weight is 355 g/mol. The van der Waals surface area contributed by atoms with E-state index in [0.29, 0.717) is 18.2 Å². The molecule has 0 aliphatic carbocycles. The Morgan fingerprint density at radius 3 is 1.96 bits per heavy atom. The number of ketones is 1. The summed E-state index contributed by atoms with van der Waals surface area (Å²) in [6.45, 7) is 15.7. The predicted molar refractivity (Wildman–Crippen MR) is 109 cm³/mol. The summed E-state index contributed by atoms with van der Waals surface area (Å²) in [5.41, 5.74) is 10.5. The van der Waals surface area contributed by atoms with Gasteiger partial charge >= 0.3 is 0 Å². The van der Waals surface area contributed by atoms with E-state index in [-0.39, 0.29) is 23.0 Å². The molecule has 0 heterocycles. The highest BCUT2D eigenvalue weighted by Gasteiger charge is 2.37. The lowest BCUT2D eigenvalue weighted by Gasteiger charge is -2.38. The highest BCUT2D eigenvalue weighted by Crippen LogP contribution is 2.31. The molecule has 0 aromatic carbocycles. The molecule has 25 heavy (non-hydrogen) atoms. The molecule has 148 valence electrons. The van der Waals surface area contributed by atoms with E-state index >= 15 is 0 Å². The molecule has 0 fully saturated rings. The Kier molecular flexibility index (Phi) is 10.3. The van der Waals surface area contributed by atoms with Crippen molar-refractivity contribution < 1.29 is 4.79 Å². The monoisotopic (exact) mass is 354 g/mol. The van der Waals surface area contributed by atoms with Gasteiger partial charge in [0.2, 0.25) is 0 Å². The molecule has 2 unspecified atom stereocenters. The van der Waals surface area contributed by atoms with Crippen LogP contribution in [0, 0.1) is 11.3 Å². The van der Waals surface area contributed by atoms with Crippen LogP contribution in [-0.4, -0.2) is 29.9 Å². The second kappa shape index (κ2) is 10.8. The molecule has 5 nitrogen and oxygen atoms in total. The first-order valence-electron chi connectivity index (χ1n) is 9.94. The highest BCUT2D eigenvalue weighted by atomic mass is 16.1. The average Bonchev–Trinajstić information content (AvgIpc) is 2.59. The molecule has 0 saturated carbocycles. The van der Waals surface area contributed by atoms with Gasteiger partial charge in [0, 0.05) is 17.5 Å². The Morgan fingerprint density at radius 1 is 1.04 bits per heavy atom. The second-order valence-electron chi connectivity index (χ2n) is 8.03. The van der Waals surface area contributed by atoms with Crippen molar-refractivity contribution in [3.8, 4) is 0 Å². The Labute approximate surface area is 155 Å². The van der Waals surface area contributed by atoms with Crippen molar-refractivity contribution in [2.45, 2.75) is 98.6 Å². The minimum absolute atomic E-state index is 0.0116. The zero-order chi connectivity index (χ0) is 19.7. The van der Waals surface area contributed by atoms with Gasteiger partial charge < -0.3 is 16.8 Å². The standard InChI is InChI=1S/C20H42N4O/c1-8-19(6,9-2)17(25)16(24-20(7,10-3)11-4)14-15(5)12-13-23-18(21)22/h15-16,24H,8-14H2,1-7H3,(H4,21,22,23). The number of hydrogen-bond donors (Lipinski definition) is 3. The minimum Gasteiger partial charge on any atom is -0.370 e. The van der Waals surface area contributed by atoms with Gasteiger partial charge in [0.25, 0.3) is 0 Å². The van der Waals surface area contributed by atoms with E-state index in [1.807, 2.05) is 0 Å².